The second-order valence-corrected chi connectivity index (χ2v) is 5.24. The summed E-state index contributed by atoms with van der Waals surface area (Å²) < 4.78 is 0. The maximum absolute atomic E-state index is 4.04. The minimum atomic E-state index is 0.237. The van der Waals surface area contributed by atoms with Crippen LogP contribution in [-0.2, 0) is 6.42 Å². The van der Waals surface area contributed by atoms with Gasteiger partial charge >= 0.3 is 0 Å². The lowest BCUT2D eigenvalue weighted by Crippen LogP contribution is -2.45. The maximum Gasteiger partial charge on any atom is 0.0270 e. The van der Waals surface area contributed by atoms with Crippen LogP contribution in [0.5, 0.6) is 0 Å². The molecular weight excluding hydrogens is 196 g/mol. The van der Waals surface area contributed by atoms with Gasteiger partial charge in [0.25, 0.3) is 0 Å². The van der Waals surface area contributed by atoms with Gasteiger partial charge in [-0.1, -0.05) is 13.3 Å². The van der Waals surface area contributed by atoms with Gasteiger partial charge in [0.15, 0.2) is 0 Å². The van der Waals surface area contributed by atoms with E-state index in [1.165, 1.54) is 18.4 Å². The molecule has 0 radical (unpaired) electrons. The number of aromatic nitrogens is 1. The monoisotopic (exact) mass is 220 g/mol. The summed E-state index contributed by atoms with van der Waals surface area (Å²) in [5.74, 6) is 0. The van der Waals surface area contributed by atoms with Gasteiger partial charge in [-0.05, 0) is 51.3 Å². The van der Waals surface area contributed by atoms with Gasteiger partial charge in [0.2, 0.25) is 0 Å². The first kappa shape index (κ1) is 13.2. The van der Waals surface area contributed by atoms with Crippen LogP contribution in [0.15, 0.2) is 24.5 Å². The minimum absolute atomic E-state index is 0.237. The van der Waals surface area contributed by atoms with E-state index in [1.54, 1.807) is 0 Å². The second-order valence-electron chi connectivity index (χ2n) is 5.24. The van der Waals surface area contributed by atoms with Gasteiger partial charge in [0.05, 0.1) is 0 Å². The number of rotatable bonds is 6. The lowest BCUT2D eigenvalue weighted by Gasteiger charge is -2.30. The Bertz CT molecular complexity index is 293. The van der Waals surface area contributed by atoms with E-state index in [-0.39, 0.29) is 5.54 Å². The lowest BCUT2D eigenvalue weighted by atomic mass is 9.96. The summed E-state index contributed by atoms with van der Waals surface area (Å²) in [5, 5.41) is 3.69. The Hall–Kier alpha value is -0.890. The molecule has 0 aromatic carbocycles. The predicted molar refractivity (Wildman–Crippen MR) is 69.5 cm³/mol. The van der Waals surface area contributed by atoms with Crippen molar-refractivity contribution >= 4 is 0 Å². The number of pyridine rings is 1. The molecule has 1 rings (SSSR count). The third-order valence-corrected chi connectivity index (χ3v) is 2.80. The Labute approximate surface area is 99.5 Å². The zero-order valence-corrected chi connectivity index (χ0v) is 11.0. The molecular formula is C14H24N2. The van der Waals surface area contributed by atoms with Gasteiger partial charge in [0, 0.05) is 24.0 Å². The smallest absolute Gasteiger partial charge is 0.0270 e. The first-order valence-electron chi connectivity index (χ1n) is 6.20. The zero-order valence-electron chi connectivity index (χ0n) is 11.0. The highest BCUT2D eigenvalue weighted by atomic mass is 15.0. The molecule has 1 unspecified atom stereocenters. The summed E-state index contributed by atoms with van der Waals surface area (Å²) in [6.07, 6.45) is 7.23. The Kier molecular flexibility index (Phi) is 4.94. The number of hydrogen-bond acceptors (Lipinski definition) is 2. The van der Waals surface area contributed by atoms with Gasteiger partial charge in [-0.2, -0.15) is 0 Å². The van der Waals surface area contributed by atoms with Crippen molar-refractivity contribution in [3.8, 4) is 0 Å². The maximum atomic E-state index is 4.04. The molecule has 0 fully saturated rings. The van der Waals surface area contributed by atoms with Crippen molar-refractivity contribution in [2.45, 2.75) is 58.5 Å². The van der Waals surface area contributed by atoms with Gasteiger partial charge in [-0.15, -0.1) is 0 Å². The van der Waals surface area contributed by atoms with Gasteiger partial charge in [0.1, 0.15) is 0 Å². The number of nitrogens with zero attached hydrogens (tertiary/aromatic N) is 1. The SMILES string of the molecule is CCCC(C)(C)NC(C)Cc1ccncc1. The molecule has 0 saturated carbocycles. The summed E-state index contributed by atoms with van der Waals surface area (Å²) in [6.45, 7) is 9.04. The summed E-state index contributed by atoms with van der Waals surface area (Å²) in [4.78, 5) is 4.04. The molecule has 1 aromatic rings. The van der Waals surface area contributed by atoms with Crippen molar-refractivity contribution in [1.82, 2.24) is 10.3 Å². The molecule has 0 amide bonds. The van der Waals surface area contributed by atoms with Crippen LogP contribution in [0.25, 0.3) is 0 Å². The first-order valence-corrected chi connectivity index (χ1v) is 6.20. The molecule has 90 valence electrons. The van der Waals surface area contributed by atoms with Crippen LogP contribution in [0.1, 0.15) is 46.1 Å². The molecule has 0 aliphatic heterocycles. The third-order valence-electron chi connectivity index (χ3n) is 2.80. The topological polar surface area (TPSA) is 24.9 Å². The molecule has 0 spiro atoms. The average molecular weight is 220 g/mol. The Morgan fingerprint density at radius 1 is 1.31 bits per heavy atom. The average Bonchev–Trinajstić information content (AvgIpc) is 2.17. The molecule has 0 aliphatic carbocycles. The van der Waals surface area contributed by atoms with Crippen LogP contribution in [0, 0.1) is 0 Å². The first-order chi connectivity index (χ1) is 7.53. The zero-order chi connectivity index (χ0) is 12.0. The predicted octanol–water partition coefficient (Wildman–Crippen LogP) is 3.18. The number of hydrogen-bond donors (Lipinski definition) is 1. The van der Waals surface area contributed by atoms with Crippen LogP contribution >= 0.6 is 0 Å². The van der Waals surface area contributed by atoms with Gasteiger partial charge < -0.3 is 5.32 Å². The normalized spacial score (nSPS) is 13.8. The molecule has 2 nitrogen and oxygen atoms in total. The fraction of sp³-hybridized carbons (Fsp3) is 0.643. The minimum Gasteiger partial charge on any atom is -0.309 e. The van der Waals surface area contributed by atoms with E-state index in [1.807, 2.05) is 12.4 Å². The van der Waals surface area contributed by atoms with Gasteiger partial charge in [-0.3, -0.25) is 4.98 Å². The summed E-state index contributed by atoms with van der Waals surface area (Å²) in [7, 11) is 0. The molecule has 16 heavy (non-hydrogen) atoms. The summed E-state index contributed by atoms with van der Waals surface area (Å²) >= 11 is 0. The van der Waals surface area contributed by atoms with Crippen LogP contribution in [0.3, 0.4) is 0 Å². The van der Waals surface area contributed by atoms with E-state index in [0.717, 1.165) is 6.42 Å². The van der Waals surface area contributed by atoms with E-state index in [0.29, 0.717) is 6.04 Å². The standard InChI is InChI=1S/C14H24N2/c1-5-8-14(3,4)16-12(2)11-13-6-9-15-10-7-13/h6-7,9-10,12,16H,5,8,11H2,1-4H3. The van der Waals surface area contributed by atoms with Gasteiger partial charge in [-0.25, -0.2) is 0 Å². The fourth-order valence-electron chi connectivity index (χ4n) is 2.29. The quantitative estimate of drug-likeness (QED) is 0.796. The highest BCUT2D eigenvalue weighted by Crippen LogP contribution is 2.13. The van der Waals surface area contributed by atoms with Crippen LogP contribution in [0.2, 0.25) is 0 Å². The highest BCUT2D eigenvalue weighted by molar-refractivity contribution is 5.11. The van der Waals surface area contributed by atoms with Crippen molar-refractivity contribution < 1.29 is 0 Å². The Morgan fingerprint density at radius 3 is 2.50 bits per heavy atom. The molecule has 0 aliphatic rings. The van der Waals surface area contributed by atoms with Crippen molar-refractivity contribution in [1.29, 1.82) is 0 Å². The molecule has 1 atom stereocenters. The van der Waals surface area contributed by atoms with Crippen LogP contribution < -0.4 is 5.32 Å². The van der Waals surface area contributed by atoms with Crippen molar-refractivity contribution in [3.63, 3.8) is 0 Å². The molecule has 1 aromatic heterocycles. The fourth-order valence-corrected chi connectivity index (χ4v) is 2.29. The van der Waals surface area contributed by atoms with E-state index in [9.17, 15) is 0 Å². The summed E-state index contributed by atoms with van der Waals surface area (Å²) in [5.41, 5.74) is 1.59. The molecule has 2 heteroatoms. The Balaban J connectivity index is 2.44. The summed E-state index contributed by atoms with van der Waals surface area (Å²) in [6, 6.07) is 4.68. The van der Waals surface area contributed by atoms with Crippen LogP contribution in [0.4, 0.5) is 0 Å². The molecule has 1 heterocycles. The third kappa shape index (κ3) is 4.75. The highest BCUT2D eigenvalue weighted by Gasteiger charge is 2.18. The van der Waals surface area contributed by atoms with Crippen molar-refractivity contribution in [3.05, 3.63) is 30.1 Å². The molecule has 0 saturated heterocycles. The van der Waals surface area contributed by atoms with Crippen molar-refractivity contribution in [2.75, 3.05) is 0 Å². The van der Waals surface area contributed by atoms with E-state index >= 15 is 0 Å². The molecule has 0 bridgehead atoms. The van der Waals surface area contributed by atoms with E-state index in [4.69, 9.17) is 0 Å². The van der Waals surface area contributed by atoms with Crippen LogP contribution in [-0.4, -0.2) is 16.6 Å². The second kappa shape index (κ2) is 6.00. The Morgan fingerprint density at radius 2 is 1.94 bits per heavy atom. The number of nitrogens with one attached hydrogen (secondary N) is 1. The molecule has 1 N–H and O–H groups in total. The van der Waals surface area contributed by atoms with E-state index in [2.05, 4.69) is 50.1 Å². The largest absolute Gasteiger partial charge is 0.309 e. The lowest BCUT2D eigenvalue weighted by molar-refractivity contribution is 0.319. The van der Waals surface area contributed by atoms with E-state index < -0.39 is 0 Å². The van der Waals surface area contributed by atoms with Crippen molar-refractivity contribution in [2.24, 2.45) is 0 Å².